The maximum absolute atomic E-state index is 13.7. The summed E-state index contributed by atoms with van der Waals surface area (Å²) in [7, 11) is 5.89. The minimum Gasteiger partial charge on any atom is -0.465 e. The van der Waals surface area contributed by atoms with Crippen LogP contribution in [0, 0.1) is 0 Å². The molecule has 1 unspecified atom stereocenters. The van der Waals surface area contributed by atoms with Gasteiger partial charge in [0.15, 0.2) is 11.6 Å². The first-order chi connectivity index (χ1) is 30.3. The third-order valence-corrected chi connectivity index (χ3v) is 12.6. The number of ketones is 2. The number of hydrogen-bond acceptors (Lipinski definition) is 13. The van der Waals surface area contributed by atoms with Gasteiger partial charge in [-0.25, -0.2) is 0 Å². The Morgan fingerprint density at radius 2 is 1.18 bits per heavy atom. The number of hydrogen-bond donors (Lipinski definition) is 2. The number of morpholine rings is 1. The first kappa shape index (κ1) is 68.2. The predicted molar refractivity (Wildman–Crippen MR) is 286 cm³/mol. The molecule has 1 fully saturated rings. The number of ether oxygens (including phenoxy) is 3. The van der Waals surface area contributed by atoms with Crippen LogP contribution in [-0.2, 0) is 30.2 Å². The van der Waals surface area contributed by atoms with Crippen LogP contribution in [0.5, 0.6) is 0 Å². The van der Waals surface area contributed by atoms with Crippen molar-refractivity contribution in [3.8, 4) is 0 Å². The molecule has 68 heavy (non-hydrogen) atoms. The Bertz CT molecular complexity index is 1790. The van der Waals surface area contributed by atoms with Crippen LogP contribution < -0.4 is 4.90 Å². The summed E-state index contributed by atoms with van der Waals surface area (Å²) in [5.41, 5.74) is 2.35. The van der Waals surface area contributed by atoms with Gasteiger partial charge in [0.1, 0.15) is 13.2 Å². The zero-order chi connectivity index (χ0) is 46.1. The van der Waals surface area contributed by atoms with Crippen LogP contribution in [0.1, 0.15) is 142 Å². The summed E-state index contributed by atoms with van der Waals surface area (Å²) in [6, 6.07) is 25.5. The van der Waals surface area contributed by atoms with Crippen molar-refractivity contribution in [1.82, 2.24) is 9.80 Å². The van der Waals surface area contributed by atoms with Crippen LogP contribution in [0.4, 0.5) is 5.69 Å². The number of carbonyl (C=O) groups is 4. The Morgan fingerprint density at radius 3 is 1.68 bits per heavy atom. The molecule has 2 N–H and O–H groups in total. The summed E-state index contributed by atoms with van der Waals surface area (Å²) in [5.74, 6) is 0.522. The molecule has 388 valence electrons. The van der Waals surface area contributed by atoms with E-state index >= 15 is 0 Å². The fourth-order valence-electron chi connectivity index (χ4n) is 7.44. The van der Waals surface area contributed by atoms with E-state index in [2.05, 4.69) is 24.0 Å². The zero-order valence-electron chi connectivity index (χ0n) is 38.6. The van der Waals surface area contributed by atoms with Crippen LogP contribution in [0.2, 0.25) is 0 Å². The molecule has 1 atom stereocenters. The van der Waals surface area contributed by atoms with Gasteiger partial charge in [0.05, 0.1) is 30.8 Å². The standard InChI is InChI=1S/C28H40N2O4.C22H33NO5S.5CH4/c1-5-28(29(2)3,22-23-12-8-6-9-13-23)27(33)24-15-17-25(18-16-24)30(4)19-21-34-26(32)14-10-7-11-20-31;1-22(2,23-11-14-27-15-12-23)21(26)18-7-9-19(10-8-18)29-17-16-28-20(25)6-4-3-5-13-24;;;;;/h6,8-9,12-13,15-18,31H,5,7,10-11,14,19-22H2,1-4H3;7-10,24H,3-6,11-17H2,1-2H3;5*1H4. The lowest BCUT2D eigenvalue weighted by Gasteiger charge is -2.39. The summed E-state index contributed by atoms with van der Waals surface area (Å²) < 4.78 is 15.9. The van der Waals surface area contributed by atoms with Gasteiger partial charge in [-0.1, -0.05) is 99.4 Å². The van der Waals surface area contributed by atoms with Gasteiger partial charge < -0.3 is 29.3 Å². The molecule has 0 aliphatic carbocycles. The summed E-state index contributed by atoms with van der Waals surface area (Å²) in [6.45, 7) is 10.5. The zero-order valence-corrected chi connectivity index (χ0v) is 39.5. The van der Waals surface area contributed by atoms with Crippen molar-refractivity contribution in [2.75, 3.05) is 91.1 Å². The highest BCUT2D eigenvalue weighted by atomic mass is 32.2. The van der Waals surface area contributed by atoms with Crippen molar-refractivity contribution in [1.29, 1.82) is 0 Å². The number of likely N-dealkylation sites (N-methyl/N-ethyl adjacent to an activating group) is 2. The highest BCUT2D eigenvalue weighted by Gasteiger charge is 2.39. The highest BCUT2D eigenvalue weighted by Crippen LogP contribution is 2.29. The molecule has 1 aliphatic heterocycles. The molecule has 0 bridgehead atoms. The van der Waals surface area contributed by atoms with Gasteiger partial charge in [-0.2, -0.15) is 0 Å². The molecule has 0 aromatic heterocycles. The Morgan fingerprint density at radius 1 is 0.676 bits per heavy atom. The minimum atomic E-state index is -0.611. The molecule has 0 saturated carbocycles. The fourth-order valence-corrected chi connectivity index (χ4v) is 8.17. The van der Waals surface area contributed by atoms with E-state index in [9.17, 15) is 19.2 Å². The van der Waals surface area contributed by atoms with Crippen LogP contribution >= 0.6 is 11.8 Å². The third kappa shape index (κ3) is 22.5. The quantitative estimate of drug-likeness (QED) is 0.0324. The average molecular weight is 972 g/mol. The number of thioether (sulfide) groups is 1. The second kappa shape index (κ2) is 36.8. The molecule has 0 amide bonds. The summed E-state index contributed by atoms with van der Waals surface area (Å²) in [5, 5.41) is 17.5. The molecule has 0 radical (unpaired) electrons. The number of anilines is 1. The SMILES string of the molecule is C.C.C.C.C.CC(C)(C(=O)c1ccc(SCCOC(=O)CCCCCO)cc1)N1CCOCC1.CCC(Cc1ccccc1)(C(=O)c1ccc(N(C)CCOC(=O)CCCCCO)cc1)N(C)C. The van der Waals surface area contributed by atoms with Gasteiger partial charge >= 0.3 is 11.9 Å². The van der Waals surface area contributed by atoms with Gasteiger partial charge in [0.25, 0.3) is 0 Å². The highest BCUT2D eigenvalue weighted by molar-refractivity contribution is 7.99. The molecule has 1 heterocycles. The van der Waals surface area contributed by atoms with E-state index in [0.717, 1.165) is 61.3 Å². The lowest BCUT2D eigenvalue weighted by Crippen LogP contribution is -2.54. The summed E-state index contributed by atoms with van der Waals surface area (Å²) >= 11 is 1.60. The van der Waals surface area contributed by atoms with Gasteiger partial charge in [-0.15, -0.1) is 11.8 Å². The van der Waals surface area contributed by atoms with E-state index in [1.54, 1.807) is 11.8 Å². The van der Waals surface area contributed by atoms with Crippen molar-refractivity contribution < 1.29 is 43.6 Å². The van der Waals surface area contributed by atoms with Crippen molar-refractivity contribution >= 4 is 41.0 Å². The van der Waals surface area contributed by atoms with Crippen molar-refractivity contribution in [3.63, 3.8) is 0 Å². The molecule has 3 aromatic rings. The van der Waals surface area contributed by atoms with Crippen molar-refractivity contribution in [3.05, 3.63) is 95.6 Å². The second-order valence-electron chi connectivity index (χ2n) is 16.6. The Balaban J connectivity index is -0.00000117. The van der Waals surface area contributed by atoms with E-state index < -0.39 is 11.1 Å². The van der Waals surface area contributed by atoms with Gasteiger partial charge in [0, 0.05) is 73.7 Å². The normalized spacial score (nSPS) is 13.0. The first-order valence-corrected chi connectivity index (χ1v) is 23.5. The maximum atomic E-state index is 13.7. The molecule has 0 spiro atoms. The summed E-state index contributed by atoms with van der Waals surface area (Å²) in [4.78, 5) is 57.4. The molecular weight excluding hydrogens is 879 g/mol. The second-order valence-corrected chi connectivity index (χ2v) is 17.8. The lowest BCUT2D eigenvalue weighted by molar-refractivity contribution is -0.144. The molecule has 1 aliphatic rings. The fraction of sp³-hybridized carbons (Fsp3) is 0.600. The number of carbonyl (C=O) groups excluding carboxylic acids is 4. The smallest absolute Gasteiger partial charge is 0.305 e. The number of rotatable bonds is 27. The number of benzene rings is 3. The maximum Gasteiger partial charge on any atom is 0.305 e. The van der Waals surface area contributed by atoms with Crippen LogP contribution in [0.25, 0.3) is 0 Å². The Hall–Kier alpha value is -4.11. The van der Waals surface area contributed by atoms with Crippen LogP contribution in [-0.4, -0.2) is 141 Å². The summed E-state index contributed by atoms with van der Waals surface area (Å²) in [6.07, 6.45) is 6.76. The largest absolute Gasteiger partial charge is 0.465 e. The molecule has 13 heteroatoms. The van der Waals surface area contributed by atoms with Gasteiger partial charge in [-0.05, 0) is 108 Å². The lowest BCUT2D eigenvalue weighted by atomic mass is 9.80. The minimum absolute atomic E-state index is 0. The first-order valence-electron chi connectivity index (χ1n) is 22.5. The predicted octanol–water partition coefficient (Wildman–Crippen LogP) is 10.7. The third-order valence-electron chi connectivity index (χ3n) is 11.6. The van der Waals surface area contributed by atoms with E-state index in [1.165, 1.54) is 0 Å². The molecule has 4 rings (SSSR count). The number of unbranched alkanes of at least 4 members (excludes halogenated alkanes) is 4. The van der Waals surface area contributed by atoms with E-state index in [-0.39, 0.29) is 73.9 Å². The molecule has 3 aromatic carbocycles. The van der Waals surface area contributed by atoms with Crippen LogP contribution in [0.3, 0.4) is 0 Å². The van der Waals surface area contributed by atoms with Gasteiger partial charge in [0.2, 0.25) is 0 Å². The number of aliphatic hydroxyl groups is 2. The average Bonchev–Trinajstić information content (AvgIpc) is 3.30. The number of Topliss-reactive ketones (excluding diaryl/α,β-unsaturated/α-hetero) is 2. The number of aliphatic hydroxyl groups excluding tert-OH is 2. The van der Waals surface area contributed by atoms with Crippen molar-refractivity contribution in [2.45, 2.75) is 138 Å². The molecular formula is C55H93N3O9S. The Labute approximate surface area is 417 Å². The molecule has 1 saturated heterocycles. The monoisotopic (exact) mass is 972 g/mol. The van der Waals surface area contributed by atoms with E-state index in [1.807, 2.05) is 112 Å². The number of nitrogens with zero attached hydrogens (tertiary/aromatic N) is 3. The van der Waals surface area contributed by atoms with E-state index in [4.69, 9.17) is 24.4 Å². The van der Waals surface area contributed by atoms with Crippen LogP contribution in [0.15, 0.2) is 83.8 Å². The van der Waals surface area contributed by atoms with Gasteiger partial charge in [-0.3, -0.25) is 29.0 Å². The molecule has 12 nitrogen and oxygen atoms in total. The Kier molecular flexibility index (Phi) is 36.9. The number of esters is 2. The topological polar surface area (TPSA) is 146 Å². The van der Waals surface area contributed by atoms with E-state index in [0.29, 0.717) is 82.0 Å². The van der Waals surface area contributed by atoms with Crippen molar-refractivity contribution in [2.24, 2.45) is 0 Å².